The molecule has 0 saturated heterocycles. The third-order valence-corrected chi connectivity index (χ3v) is 4.87. The van der Waals surface area contributed by atoms with Crippen LogP contribution >= 0.6 is 34.4 Å². The lowest BCUT2D eigenvalue weighted by molar-refractivity contribution is 0.957. The average Bonchev–Trinajstić information content (AvgIpc) is 2.93. The zero-order valence-electron chi connectivity index (χ0n) is 9.63. The highest BCUT2D eigenvalue weighted by Crippen LogP contribution is 2.27. The van der Waals surface area contributed by atoms with Crippen LogP contribution in [0.1, 0.15) is 23.4 Å². The molecule has 0 radical (unpaired) electrons. The van der Waals surface area contributed by atoms with Crippen molar-refractivity contribution < 1.29 is 0 Å². The fourth-order valence-electron chi connectivity index (χ4n) is 1.08. The van der Waals surface area contributed by atoms with Gasteiger partial charge < -0.3 is 5.32 Å². The summed E-state index contributed by atoms with van der Waals surface area (Å²) in [4.78, 5) is 0. The summed E-state index contributed by atoms with van der Waals surface area (Å²) in [6, 6.07) is 0. The Balaban J connectivity index is 1.84. The van der Waals surface area contributed by atoms with Crippen LogP contribution in [-0.4, -0.2) is 26.9 Å². The van der Waals surface area contributed by atoms with E-state index >= 15 is 0 Å². The summed E-state index contributed by atoms with van der Waals surface area (Å²) < 4.78 is 0.987. The topological polar surface area (TPSA) is 63.6 Å². The van der Waals surface area contributed by atoms with Gasteiger partial charge in [-0.2, -0.15) is 0 Å². The van der Waals surface area contributed by atoms with Crippen molar-refractivity contribution in [1.29, 1.82) is 0 Å². The van der Waals surface area contributed by atoms with Gasteiger partial charge in [-0.15, -0.1) is 20.4 Å². The molecule has 2 rings (SSSR count). The summed E-state index contributed by atoms with van der Waals surface area (Å²) in [7, 11) is 0. The Kier molecular flexibility index (Phi) is 4.69. The van der Waals surface area contributed by atoms with Crippen LogP contribution in [0.5, 0.6) is 0 Å². The van der Waals surface area contributed by atoms with E-state index in [-0.39, 0.29) is 0 Å². The van der Waals surface area contributed by atoms with Gasteiger partial charge in [-0.05, 0) is 13.3 Å². The van der Waals surface area contributed by atoms with Gasteiger partial charge in [0.05, 0.1) is 5.75 Å². The third kappa shape index (κ3) is 3.90. The van der Waals surface area contributed by atoms with Gasteiger partial charge in [0.15, 0.2) is 4.34 Å². The van der Waals surface area contributed by atoms with Crippen molar-refractivity contribution >= 4 is 39.6 Å². The third-order valence-electron chi connectivity index (χ3n) is 1.82. The molecule has 0 saturated carbocycles. The number of nitrogens with zero attached hydrogens (tertiary/aromatic N) is 4. The highest BCUT2D eigenvalue weighted by molar-refractivity contribution is 8.00. The van der Waals surface area contributed by atoms with Crippen LogP contribution in [0.3, 0.4) is 0 Å². The number of aryl methyl sites for hydroxylation is 1. The van der Waals surface area contributed by atoms with E-state index < -0.39 is 0 Å². The van der Waals surface area contributed by atoms with Crippen LogP contribution in [-0.2, 0) is 5.75 Å². The van der Waals surface area contributed by atoms with Crippen LogP contribution in [0.25, 0.3) is 0 Å². The second kappa shape index (κ2) is 6.27. The molecule has 92 valence electrons. The molecule has 0 aliphatic carbocycles. The second-order valence-corrected chi connectivity index (χ2v) is 6.77. The predicted molar refractivity (Wildman–Crippen MR) is 72.9 cm³/mol. The molecule has 0 aliphatic heterocycles. The van der Waals surface area contributed by atoms with Gasteiger partial charge in [0.1, 0.15) is 10.0 Å². The van der Waals surface area contributed by atoms with E-state index in [2.05, 4.69) is 32.6 Å². The molecule has 0 bridgehead atoms. The number of hydrogen-bond acceptors (Lipinski definition) is 8. The van der Waals surface area contributed by atoms with Crippen molar-refractivity contribution in [2.75, 3.05) is 11.9 Å². The normalized spacial score (nSPS) is 10.7. The molecule has 5 nitrogen and oxygen atoms in total. The van der Waals surface area contributed by atoms with Crippen LogP contribution in [0.4, 0.5) is 5.13 Å². The molecule has 0 fully saturated rings. The SMILES string of the molecule is CCCNc1nnc(CSc2nnc(C)s2)s1. The van der Waals surface area contributed by atoms with E-state index in [0.29, 0.717) is 0 Å². The highest BCUT2D eigenvalue weighted by Gasteiger charge is 2.06. The van der Waals surface area contributed by atoms with E-state index in [1.165, 1.54) is 0 Å². The highest BCUT2D eigenvalue weighted by atomic mass is 32.2. The van der Waals surface area contributed by atoms with Crippen molar-refractivity contribution in [2.24, 2.45) is 0 Å². The molecule has 8 heteroatoms. The lowest BCUT2D eigenvalue weighted by Crippen LogP contribution is -1.98. The van der Waals surface area contributed by atoms with E-state index in [9.17, 15) is 0 Å². The van der Waals surface area contributed by atoms with Crippen molar-refractivity contribution in [3.63, 3.8) is 0 Å². The summed E-state index contributed by atoms with van der Waals surface area (Å²) in [5.74, 6) is 0.806. The first-order valence-corrected chi connectivity index (χ1v) is 7.89. The summed E-state index contributed by atoms with van der Waals surface area (Å²) in [5, 5.41) is 22.4. The van der Waals surface area contributed by atoms with Crippen LogP contribution in [0.2, 0.25) is 0 Å². The maximum atomic E-state index is 4.13. The summed E-state index contributed by atoms with van der Waals surface area (Å²) in [6.07, 6.45) is 1.09. The van der Waals surface area contributed by atoms with Crippen molar-refractivity contribution in [3.05, 3.63) is 10.0 Å². The van der Waals surface area contributed by atoms with E-state index in [0.717, 1.165) is 38.2 Å². The van der Waals surface area contributed by atoms with Crippen LogP contribution < -0.4 is 5.32 Å². The molecule has 0 atom stereocenters. The Morgan fingerprint density at radius 1 is 1.18 bits per heavy atom. The summed E-state index contributed by atoms with van der Waals surface area (Å²) >= 11 is 4.87. The molecular weight excluding hydrogens is 274 g/mol. The molecule has 1 N–H and O–H groups in total. The molecule has 0 spiro atoms. The minimum atomic E-state index is 0.806. The fraction of sp³-hybridized carbons (Fsp3) is 0.556. The first-order chi connectivity index (χ1) is 8.28. The molecule has 2 heterocycles. The minimum Gasteiger partial charge on any atom is -0.360 e. The van der Waals surface area contributed by atoms with Crippen molar-refractivity contribution in [3.8, 4) is 0 Å². The average molecular weight is 287 g/mol. The second-order valence-electron chi connectivity index (χ2n) is 3.30. The molecule has 2 aromatic heterocycles. The zero-order valence-corrected chi connectivity index (χ0v) is 12.1. The maximum Gasteiger partial charge on any atom is 0.205 e. The van der Waals surface area contributed by atoms with Gasteiger partial charge in [0.25, 0.3) is 0 Å². The summed E-state index contributed by atoms with van der Waals surface area (Å²) in [5.41, 5.74) is 0. The molecule has 0 unspecified atom stereocenters. The minimum absolute atomic E-state index is 0.806. The number of anilines is 1. The quantitative estimate of drug-likeness (QED) is 0.824. The van der Waals surface area contributed by atoms with Gasteiger partial charge in [-0.1, -0.05) is 41.4 Å². The van der Waals surface area contributed by atoms with E-state index in [1.54, 1.807) is 34.4 Å². The van der Waals surface area contributed by atoms with Gasteiger partial charge >= 0.3 is 0 Å². The number of thioether (sulfide) groups is 1. The number of nitrogens with one attached hydrogen (secondary N) is 1. The van der Waals surface area contributed by atoms with Gasteiger partial charge in [-0.25, -0.2) is 0 Å². The number of aromatic nitrogens is 4. The Hall–Kier alpha value is -0.730. The van der Waals surface area contributed by atoms with E-state index in [1.807, 2.05) is 6.92 Å². The lowest BCUT2D eigenvalue weighted by Gasteiger charge is -1.95. The number of hydrogen-bond donors (Lipinski definition) is 1. The Morgan fingerprint density at radius 2 is 2.06 bits per heavy atom. The molecule has 2 aromatic rings. The van der Waals surface area contributed by atoms with Crippen molar-refractivity contribution in [1.82, 2.24) is 20.4 Å². The Bertz CT molecular complexity index is 467. The first kappa shape index (κ1) is 12.7. The van der Waals surface area contributed by atoms with E-state index in [4.69, 9.17) is 0 Å². The lowest BCUT2D eigenvalue weighted by atomic mass is 10.5. The molecule has 0 aromatic carbocycles. The standard InChI is InChI=1S/C9H13N5S3/c1-3-4-10-8-13-12-7(17-8)5-15-9-14-11-6(2)16-9/h3-5H2,1-2H3,(H,10,13). The maximum absolute atomic E-state index is 4.13. The van der Waals surface area contributed by atoms with Gasteiger partial charge in [0, 0.05) is 6.54 Å². The predicted octanol–water partition coefficient (Wildman–Crippen LogP) is 2.81. The first-order valence-electron chi connectivity index (χ1n) is 5.27. The van der Waals surface area contributed by atoms with Gasteiger partial charge in [0.2, 0.25) is 5.13 Å². The largest absolute Gasteiger partial charge is 0.360 e. The molecule has 0 amide bonds. The molecular formula is C9H13N5S3. The Labute approximate surface area is 112 Å². The van der Waals surface area contributed by atoms with Crippen LogP contribution in [0.15, 0.2) is 4.34 Å². The molecule has 17 heavy (non-hydrogen) atoms. The van der Waals surface area contributed by atoms with Crippen molar-refractivity contribution in [2.45, 2.75) is 30.4 Å². The van der Waals surface area contributed by atoms with Gasteiger partial charge in [-0.3, -0.25) is 0 Å². The summed E-state index contributed by atoms with van der Waals surface area (Å²) in [6.45, 7) is 5.03. The van der Waals surface area contributed by atoms with Crippen LogP contribution in [0, 0.1) is 6.92 Å². The Morgan fingerprint density at radius 3 is 2.76 bits per heavy atom. The number of rotatable bonds is 6. The molecule has 0 aliphatic rings. The fourth-order valence-corrected chi connectivity index (χ4v) is 3.64. The smallest absolute Gasteiger partial charge is 0.205 e. The monoisotopic (exact) mass is 287 g/mol. The zero-order chi connectivity index (χ0) is 12.1.